The number of aliphatic hydroxyl groups is 1. The third-order valence-electron chi connectivity index (χ3n) is 9.08. The van der Waals surface area contributed by atoms with Gasteiger partial charge < -0.3 is 9.90 Å². The van der Waals surface area contributed by atoms with E-state index in [0.29, 0.717) is 23.2 Å². The molecular formula is C24H36O2. The lowest BCUT2D eigenvalue weighted by atomic mass is 9.49. The van der Waals surface area contributed by atoms with Crippen LogP contribution >= 0.6 is 0 Å². The molecule has 0 aliphatic heterocycles. The molecule has 0 aromatic carbocycles. The molecule has 0 aromatic rings. The molecule has 0 saturated heterocycles. The summed E-state index contributed by atoms with van der Waals surface area (Å²) in [6.45, 7) is 7.39. The van der Waals surface area contributed by atoms with Crippen molar-refractivity contribution < 1.29 is 9.90 Å². The predicted octanol–water partition coefficient (Wildman–Crippen LogP) is 5.32. The van der Waals surface area contributed by atoms with Gasteiger partial charge in [0.25, 0.3) is 0 Å². The van der Waals surface area contributed by atoms with Crippen LogP contribution in [0.4, 0.5) is 0 Å². The Morgan fingerprint density at radius 2 is 2.08 bits per heavy atom. The number of aldehydes is 1. The van der Waals surface area contributed by atoms with E-state index in [-0.39, 0.29) is 11.5 Å². The summed E-state index contributed by atoms with van der Waals surface area (Å²) in [6.07, 6.45) is 17.0. The zero-order valence-corrected chi connectivity index (χ0v) is 16.8. The van der Waals surface area contributed by atoms with Gasteiger partial charge in [0.2, 0.25) is 0 Å². The zero-order valence-electron chi connectivity index (χ0n) is 16.8. The lowest BCUT2D eigenvalue weighted by Crippen LogP contribution is -2.48. The molecule has 8 atom stereocenters. The molecule has 1 N–H and O–H groups in total. The minimum atomic E-state index is -0.244. The van der Waals surface area contributed by atoms with Crippen LogP contribution in [0.15, 0.2) is 23.8 Å². The van der Waals surface area contributed by atoms with Gasteiger partial charge >= 0.3 is 0 Å². The predicted molar refractivity (Wildman–Crippen MR) is 106 cm³/mol. The zero-order chi connectivity index (χ0) is 18.5. The third-order valence-corrected chi connectivity index (χ3v) is 9.08. The van der Waals surface area contributed by atoms with Crippen molar-refractivity contribution in [1.82, 2.24) is 0 Å². The lowest BCUT2D eigenvalue weighted by molar-refractivity contribution is -0.108. The van der Waals surface area contributed by atoms with Crippen LogP contribution in [-0.4, -0.2) is 17.5 Å². The molecule has 0 aromatic heterocycles. The highest BCUT2D eigenvalue weighted by atomic mass is 16.3. The first-order valence-electron chi connectivity index (χ1n) is 10.9. The second-order valence-corrected chi connectivity index (χ2v) is 10.2. The number of rotatable bonds is 4. The van der Waals surface area contributed by atoms with Crippen LogP contribution in [0.25, 0.3) is 0 Å². The summed E-state index contributed by atoms with van der Waals surface area (Å²) in [5.41, 5.74) is 2.42. The van der Waals surface area contributed by atoms with Crippen molar-refractivity contribution in [2.45, 2.75) is 78.2 Å². The normalized spacial score (nSPS) is 48.2. The maximum atomic E-state index is 10.8. The fraction of sp³-hybridized carbons (Fsp3) is 0.792. The summed E-state index contributed by atoms with van der Waals surface area (Å²) in [6, 6.07) is 0. The van der Waals surface area contributed by atoms with Gasteiger partial charge in [0, 0.05) is 6.42 Å². The molecule has 2 heteroatoms. The Labute approximate surface area is 159 Å². The Balaban J connectivity index is 1.60. The second kappa shape index (κ2) is 6.62. The topological polar surface area (TPSA) is 37.3 Å². The van der Waals surface area contributed by atoms with Gasteiger partial charge in [0.1, 0.15) is 6.29 Å². The number of carbonyl (C=O) groups excluding carboxylic acids is 1. The molecular weight excluding hydrogens is 320 g/mol. The van der Waals surface area contributed by atoms with Crippen molar-refractivity contribution in [1.29, 1.82) is 0 Å². The number of carbonyl (C=O) groups is 1. The van der Waals surface area contributed by atoms with Gasteiger partial charge in [0.05, 0.1) is 6.10 Å². The molecule has 2 saturated carbocycles. The monoisotopic (exact) mass is 356 g/mol. The van der Waals surface area contributed by atoms with Crippen LogP contribution in [0.3, 0.4) is 0 Å². The second-order valence-electron chi connectivity index (χ2n) is 10.2. The van der Waals surface area contributed by atoms with Crippen LogP contribution in [-0.2, 0) is 4.79 Å². The van der Waals surface area contributed by atoms with Crippen molar-refractivity contribution >= 4 is 6.29 Å². The Morgan fingerprint density at radius 3 is 2.85 bits per heavy atom. The highest BCUT2D eigenvalue weighted by Gasteiger charge is 2.57. The Morgan fingerprint density at radius 1 is 1.27 bits per heavy atom. The van der Waals surface area contributed by atoms with Gasteiger partial charge in [-0.05, 0) is 85.4 Å². The Hall–Kier alpha value is -0.890. The third kappa shape index (κ3) is 2.66. The molecule has 2 fully saturated rings. The minimum Gasteiger partial charge on any atom is -0.389 e. The van der Waals surface area contributed by atoms with E-state index >= 15 is 0 Å². The van der Waals surface area contributed by atoms with Crippen molar-refractivity contribution in [3.63, 3.8) is 0 Å². The van der Waals surface area contributed by atoms with E-state index in [9.17, 15) is 9.90 Å². The first kappa shape index (κ1) is 18.5. The average Bonchev–Trinajstić information content (AvgIpc) is 2.97. The van der Waals surface area contributed by atoms with Crippen LogP contribution in [0.1, 0.15) is 72.1 Å². The van der Waals surface area contributed by atoms with Gasteiger partial charge in [0.15, 0.2) is 0 Å². The molecule has 26 heavy (non-hydrogen) atoms. The highest BCUT2D eigenvalue weighted by molar-refractivity contribution is 5.49. The number of aliphatic hydroxyl groups excluding tert-OH is 1. The fourth-order valence-corrected chi connectivity index (χ4v) is 7.56. The first-order valence-corrected chi connectivity index (χ1v) is 10.9. The molecule has 4 aliphatic carbocycles. The quantitative estimate of drug-likeness (QED) is 0.547. The van der Waals surface area contributed by atoms with E-state index in [2.05, 4.69) is 39.0 Å². The standard InChI is InChI=1S/C24H36O2/c1-16(5-4-14-25)20-8-9-21-19-7-6-17-15-18(26)10-12-23(17,2)22(19)11-13-24(20,21)3/h7,10,12,14,16-18,20-22,26H,4-6,8-9,11,13,15H2,1-3H3/t16-,17-,18-,20-,21+,22+,23+,24-/m1/s1. The van der Waals surface area contributed by atoms with E-state index in [4.69, 9.17) is 0 Å². The van der Waals surface area contributed by atoms with E-state index in [1.807, 2.05) is 0 Å². The molecule has 4 rings (SSSR count). The van der Waals surface area contributed by atoms with E-state index in [1.165, 1.54) is 25.7 Å². The maximum Gasteiger partial charge on any atom is 0.120 e. The maximum absolute atomic E-state index is 10.8. The Bertz CT molecular complexity index is 620. The smallest absolute Gasteiger partial charge is 0.120 e. The summed E-state index contributed by atoms with van der Waals surface area (Å²) < 4.78 is 0. The molecule has 0 amide bonds. The SMILES string of the molecule is C[C@H](CCC=O)[C@H]1CC[C@H]2C3=CC[C@@H]4C[C@H](O)C=C[C@]4(C)[C@H]3CC[C@]12C. The van der Waals surface area contributed by atoms with Crippen LogP contribution in [0.2, 0.25) is 0 Å². The number of allylic oxidation sites excluding steroid dienone is 3. The number of hydrogen-bond acceptors (Lipinski definition) is 2. The van der Waals surface area contributed by atoms with Gasteiger partial charge in [-0.2, -0.15) is 0 Å². The largest absolute Gasteiger partial charge is 0.389 e. The van der Waals surface area contributed by atoms with E-state index < -0.39 is 0 Å². The molecule has 2 nitrogen and oxygen atoms in total. The summed E-state index contributed by atoms with van der Waals surface area (Å²) in [4.78, 5) is 10.8. The van der Waals surface area contributed by atoms with Crippen molar-refractivity contribution in [3.05, 3.63) is 23.8 Å². The fourth-order valence-electron chi connectivity index (χ4n) is 7.56. The van der Waals surface area contributed by atoms with Crippen molar-refractivity contribution in [2.75, 3.05) is 0 Å². The lowest BCUT2D eigenvalue weighted by Gasteiger charge is -2.56. The molecule has 4 aliphatic rings. The average molecular weight is 357 g/mol. The first-order chi connectivity index (χ1) is 12.4. The number of fused-ring (bicyclic) bond motifs is 5. The van der Waals surface area contributed by atoms with Crippen LogP contribution < -0.4 is 0 Å². The van der Waals surface area contributed by atoms with Crippen LogP contribution in [0, 0.1) is 40.4 Å². The summed E-state index contributed by atoms with van der Waals surface area (Å²) >= 11 is 0. The Kier molecular flexibility index (Phi) is 4.70. The van der Waals surface area contributed by atoms with Gasteiger partial charge in [-0.1, -0.05) is 44.6 Å². The molecule has 0 radical (unpaired) electrons. The summed E-state index contributed by atoms with van der Waals surface area (Å²) in [7, 11) is 0. The number of hydrogen-bond donors (Lipinski definition) is 1. The van der Waals surface area contributed by atoms with E-state index in [0.717, 1.165) is 43.8 Å². The molecule has 0 bridgehead atoms. The minimum absolute atomic E-state index is 0.242. The molecule has 0 unspecified atom stereocenters. The summed E-state index contributed by atoms with van der Waals surface area (Å²) in [5, 5.41) is 10.1. The van der Waals surface area contributed by atoms with Crippen LogP contribution in [0.5, 0.6) is 0 Å². The van der Waals surface area contributed by atoms with Crippen molar-refractivity contribution in [2.24, 2.45) is 40.4 Å². The van der Waals surface area contributed by atoms with Gasteiger partial charge in [-0.15, -0.1) is 0 Å². The van der Waals surface area contributed by atoms with Gasteiger partial charge in [-0.25, -0.2) is 0 Å². The summed E-state index contributed by atoms with van der Waals surface area (Å²) in [5.74, 6) is 3.44. The van der Waals surface area contributed by atoms with E-state index in [1.54, 1.807) is 5.57 Å². The molecule has 144 valence electrons. The highest BCUT2D eigenvalue weighted by Crippen LogP contribution is 2.66. The van der Waals surface area contributed by atoms with Crippen molar-refractivity contribution in [3.8, 4) is 0 Å². The molecule has 0 heterocycles. The molecule has 0 spiro atoms. The van der Waals surface area contributed by atoms with Gasteiger partial charge in [-0.3, -0.25) is 0 Å².